The maximum Gasteiger partial charge on any atom is 0.0481 e. The lowest BCUT2D eigenvalue weighted by atomic mass is 10.1. The Hall–Kier alpha value is -0.990. The van der Waals surface area contributed by atoms with Gasteiger partial charge in [-0.2, -0.15) is 0 Å². The molecule has 0 aliphatic rings. The Labute approximate surface area is 114 Å². The second-order valence-electron chi connectivity index (χ2n) is 5.14. The van der Waals surface area contributed by atoms with Crippen molar-refractivity contribution in [1.29, 1.82) is 0 Å². The van der Waals surface area contributed by atoms with Crippen molar-refractivity contribution in [1.82, 2.24) is 9.88 Å². The van der Waals surface area contributed by atoms with Crippen molar-refractivity contribution in [2.24, 2.45) is 7.05 Å². The Kier molecular flexibility index (Phi) is 4.31. The van der Waals surface area contributed by atoms with Crippen molar-refractivity contribution in [2.45, 2.75) is 32.7 Å². The number of aromatic nitrogens is 1. The first-order chi connectivity index (χ1) is 8.58. The van der Waals surface area contributed by atoms with Crippen LogP contribution in [0.15, 0.2) is 24.4 Å². The van der Waals surface area contributed by atoms with E-state index in [9.17, 15) is 0 Å². The molecule has 98 valence electrons. The molecule has 0 bridgehead atoms. The van der Waals surface area contributed by atoms with Crippen LogP contribution >= 0.6 is 11.6 Å². The fourth-order valence-corrected chi connectivity index (χ4v) is 2.49. The van der Waals surface area contributed by atoms with Crippen LogP contribution in [0.2, 0.25) is 5.02 Å². The van der Waals surface area contributed by atoms with E-state index in [4.69, 9.17) is 11.6 Å². The molecule has 0 saturated carbocycles. The highest BCUT2D eigenvalue weighted by molar-refractivity contribution is 6.31. The minimum Gasteiger partial charge on any atom is -0.350 e. The van der Waals surface area contributed by atoms with Crippen LogP contribution in [0.4, 0.5) is 0 Å². The van der Waals surface area contributed by atoms with Crippen LogP contribution in [0.1, 0.15) is 25.8 Å². The van der Waals surface area contributed by atoms with Crippen molar-refractivity contribution in [3.8, 4) is 0 Å². The smallest absolute Gasteiger partial charge is 0.0481 e. The van der Waals surface area contributed by atoms with Crippen molar-refractivity contribution >= 4 is 22.5 Å². The Morgan fingerprint density at radius 3 is 2.83 bits per heavy atom. The van der Waals surface area contributed by atoms with E-state index in [0.29, 0.717) is 6.04 Å². The van der Waals surface area contributed by atoms with Gasteiger partial charge in [0.2, 0.25) is 0 Å². The Morgan fingerprint density at radius 1 is 1.33 bits per heavy atom. The molecule has 1 aromatic carbocycles. The number of nitrogens with zero attached hydrogens (tertiary/aromatic N) is 1. The number of aryl methyl sites for hydroxylation is 2. The van der Waals surface area contributed by atoms with Crippen LogP contribution in [0.5, 0.6) is 0 Å². The van der Waals surface area contributed by atoms with E-state index in [0.717, 1.165) is 24.4 Å². The van der Waals surface area contributed by atoms with Crippen molar-refractivity contribution in [3.05, 3.63) is 35.0 Å². The third-order valence-corrected chi connectivity index (χ3v) is 3.44. The highest BCUT2D eigenvalue weighted by atomic mass is 35.5. The molecule has 0 unspecified atom stereocenters. The average molecular weight is 265 g/mol. The van der Waals surface area contributed by atoms with E-state index in [1.807, 2.05) is 6.07 Å². The minimum absolute atomic E-state index is 0.562. The zero-order valence-electron chi connectivity index (χ0n) is 11.3. The van der Waals surface area contributed by atoms with E-state index >= 15 is 0 Å². The maximum atomic E-state index is 6.08. The molecule has 0 aliphatic carbocycles. The van der Waals surface area contributed by atoms with Crippen LogP contribution in [-0.4, -0.2) is 17.2 Å². The summed E-state index contributed by atoms with van der Waals surface area (Å²) in [6.45, 7) is 5.42. The molecule has 18 heavy (non-hydrogen) atoms. The third-order valence-electron chi connectivity index (χ3n) is 3.21. The molecule has 2 rings (SSSR count). The zero-order valence-corrected chi connectivity index (χ0v) is 12.1. The SMILES string of the molecule is CC(C)NCCCc1cn(C)c2ccc(Cl)cc12. The molecule has 0 atom stereocenters. The van der Waals surface area contributed by atoms with Crippen LogP contribution in [0.25, 0.3) is 10.9 Å². The van der Waals surface area contributed by atoms with Gasteiger partial charge in [-0.1, -0.05) is 25.4 Å². The molecule has 0 radical (unpaired) electrons. The molecule has 2 aromatic rings. The first kappa shape index (κ1) is 13.4. The van der Waals surface area contributed by atoms with Gasteiger partial charge in [0, 0.05) is 35.2 Å². The largest absolute Gasteiger partial charge is 0.350 e. The van der Waals surface area contributed by atoms with Gasteiger partial charge in [-0.3, -0.25) is 0 Å². The number of halogens is 1. The maximum absolute atomic E-state index is 6.08. The van der Waals surface area contributed by atoms with Gasteiger partial charge in [-0.15, -0.1) is 0 Å². The van der Waals surface area contributed by atoms with E-state index in [-0.39, 0.29) is 0 Å². The van der Waals surface area contributed by atoms with Crippen LogP contribution in [0, 0.1) is 0 Å². The Bertz CT molecular complexity index is 529. The molecule has 0 amide bonds. The van der Waals surface area contributed by atoms with Gasteiger partial charge in [-0.25, -0.2) is 0 Å². The summed E-state index contributed by atoms with van der Waals surface area (Å²) in [7, 11) is 2.09. The second-order valence-corrected chi connectivity index (χ2v) is 5.58. The summed E-state index contributed by atoms with van der Waals surface area (Å²) < 4.78 is 2.18. The predicted octanol–water partition coefficient (Wildman–Crippen LogP) is 3.76. The van der Waals surface area contributed by atoms with Crippen molar-refractivity contribution < 1.29 is 0 Å². The van der Waals surface area contributed by atoms with Gasteiger partial charge in [0.15, 0.2) is 0 Å². The lowest BCUT2D eigenvalue weighted by molar-refractivity contribution is 0.571. The number of benzene rings is 1. The van der Waals surface area contributed by atoms with Crippen molar-refractivity contribution in [2.75, 3.05) is 6.54 Å². The van der Waals surface area contributed by atoms with E-state index < -0.39 is 0 Å². The topological polar surface area (TPSA) is 17.0 Å². The minimum atomic E-state index is 0.562. The molecule has 2 nitrogen and oxygen atoms in total. The monoisotopic (exact) mass is 264 g/mol. The number of rotatable bonds is 5. The summed E-state index contributed by atoms with van der Waals surface area (Å²) in [4.78, 5) is 0. The molecule has 1 heterocycles. The molecule has 3 heteroatoms. The van der Waals surface area contributed by atoms with Gasteiger partial charge in [0.1, 0.15) is 0 Å². The van der Waals surface area contributed by atoms with Gasteiger partial charge in [0.25, 0.3) is 0 Å². The van der Waals surface area contributed by atoms with E-state index in [1.165, 1.54) is 16.5 Å². The van der Waals surface area contributed by atoms with Crippen molar-refractivity contribution in [3.63, 3.8) is 0 Å². The van der Waals surface area contributed by atoms with E-state index in [1.54, 1.807) is 0 Å². The fourth-order valence-electron chi connectivity index (χ4n) is 2.31. The summed E-state index contributed by atoms with van der Waals surface area (Å²) >= 11 is 6.08. The average Bonchev–Trinajstić information content (AvgIpc) is 2.61. The third kappa shape index (κ3) is 3.06. The summed E-state index contributed by atoms with van der Waals surface area (Å²) in [5.41, 5.74) is 2.65. The normalized spacial score (nSPS) is 11.6. The lowest BCUT2D eigenvalue weighted by Gasteiger charge is -2.07. The highest BCUT2D eigenvalue weighted by Gasteiger charge is 2.06. The van der Waals surface area contributed by atoms with Gasteiger partial charge < -0.3 is 9.88 Å². The molecule has 1 aromatic heterocycles. The fraction of sp³-hybridized carbons (Fsp3) is 0.467. The number of hydrogen-bond donors (Lipinski definition) is 1. The molecule has 0 saturated heterocycles. The lowest BCUT2D eigenvalue weighted by Crippen LogP contribution is -2.23. The molecule has 0 aliphatic heterocycles. The Balaban J connectivity index is 2.10. The first-order valence-corrected chi connectivity index (χ1v) is 6.92. The molecule has 0 fully saturated rings. The van der Waals surface area contributed by atoms with Gasteiger partial charge in [0.05, 0.1) is 0 Å². The summed E-state index contributed by atoms with van der Waals surface area (Å²) in [6, 6.07) is 6.68. The first-order valence-electron chi connectivity index (χ1n) is 6.55. The van der Waals surface area contributed by atoms with Gasteiger partial charge >= 0.3 is 0 Å². The molecular formula is C15H21ClN2. The molecular weight excluding hydrogens is 244 g/mol. The summed E-state index contributed by atoms with van der Waals surface area (Å²) in [6.07, 6.45) is 4.47. The van der Waals surface area contributed by atoms with Crippen LogP contribution in [0.3, 0.4) is 0 Å². The summed E-state index contributed by atoms with van der Waals surface area (Å²) in [5, 5.41) is 5.55. The van der Waals surface area contributed by atoms with Gasteiger partial charge in [-0.05, 0) is 43.1 Å². The van der Waals surface area contributed by atoms with E-state index in [2.05, 4.69) is 49.1 Å². The van der Waals surface area contributed by atoms with Crippen LogP contribution in [-0.2, 0) is 13.5 Å². The molecule has 0 spiro atoms. The highest BCUT2D eigenvalue weighted by Crippen LogP contribution is 2.25. The number of nitrogens with one attached hydrogen (secondary N) is 1. The Morgan fingerprint density at radius 2 is 2.11 bits per heavy atom. The molecule has 1 N–H and O–H groups in total. The zero-order chi connectivity index (χ0) is 13.1. The quantitative estimate of drug-likeness (QED) is 0.814. The number of hydrogen-bond acceptors (Lipinski definition) is 1. The number of fused-ring (bicyclic) bond motifs is 1. The summed E-state index contributed by atoms with van der Waals surface area (Å²) in [5.74, 6) is 0. The standard InChI is InChI=1S/C15H21ClN2/c1-11(2)17-8-4-5-12-10-18(3)15-7-6-13(16)9-14(12)15/h6-7,9-11,17H,4-5,8H2,1-3H3. The van der Waals surface area contributed by atoms with Crippen LogP contribution < -0.4 is 5.32 Å². The second kappa shape index (κ2) is 5.77. The predicted molar refractivity (Wildman–Crippen MR) is 79.4 cm³/mol.